The van der Waals surface area contributed by atoms with Crippen molar-refractivity contribution in [1.82, 2.24) is 0 Å². The van der Waals surface area contributed by atoms with Gasteiger partial charge in [-0.3, -0.25) is 0 Å². The molecular formula is C12H10F10. The summed E-state index contributed by atoms with van der Waals surface area (Å²) in [5.74, 6) is -13.0. The molecule has 1 rings (SSSR count). The van der Waals surface area contributed by atoms with E-state index in [1.165, 1.54) is 0 Å². The summed E-state index contributed by atoms with van der Waals surface area (Å²) in [6.07, 6.45) is -13.1. The number of alkyl halides is 6. The Labute approximate surface area is 118 Å². The van der Waals surface area contributed by atoms with Crippen LogP contribution in [0, 0.1) is 11.8 Å². The molecule has 0 spiro atoms. The van der Waals surface area contributed by atoms with E-state index in [0.29, 0.717) is 0 Å². The Kier molecular flexibility index (Phi) is 5.56. The molecule has 22 heavy (non-hydrogen) atoms. The van der Waals surface area contributed by atoms with Crippen LogP contribution in [0.25, 0.3) is 0 Å². The first-order valence-electron chi connectivity index (χ1n) is 6.10. The van der Waals surface area contributed by atoms with E-state index in [9.17, 15) is 43.9 Å². The summed E-state index contributed by atoms with van der Waals surface area (Å²) >= 11 is 0. The van der Waals surface area contributed by atoms with E-state index in [2.05, 4.69) is 0 Å². The molecule has 0 N–H and O–H groups in total. The van der Waals surface area contributed by atoms with Crippen LogP contribution in [0.1, 0.15) is 25.7 Å². The highest BCUT2D eigenvalue weighted by molar-refractivity contribution is 5.13. The van der Waals surface area contributed by atoms with Gasteiger partial charge in [-0.1, -0.05) is 0 Å². The summed E-state index contributed by atoms with van der Waals surface area (Å²) in [6, 6.07) is 0. The van der Waals surface area contributed by atoms with Crippen LogP contribution in [0.5, 0.6) is 0 Å². The zero-order valence-corrected chi connectivity index (χ0v) is 10.8. The first-order chi connectivity index (χ1) is 9.85. The highest BCUT2D eigenvalue weighted by atomic mass is 19.4. The lowest BCUT2D eigenvalue weighted by Gasteiger charge is -2.27. The van der Waals surface area contributed by atoms with E-state index in [0.717, 1.165) is 0 Å². The molecule has 0 aromatic carbocycles. The zero-order valence-electron chi connectivity index (χ0n) is 10.8. The molecule has 0 heterocycles. The van der Waals surface area contributed by atoms with E-state index < -0.39 is 73.2 Å². The maximum Gasteiger partial charge on any atom is 0.445 e. The van der Waals surface area contributed by atoms with Gasteiger partial charge in [0.25, 0.3) is 0 Å². The van der Waals surface area contributed by atoms with Gasteiger partial charge < -0.3 is 0 Å². The average Bonchev–Trinajstić information content (AvgIpc) is 2.42. The molecule has 1 aliphatic carbocycles. The van der Waals surface area contributed by atoms with Crippen molar-refractivity contribution in [3.63, 3.8) is 0 Å². The van der Waals surface area contributed by atoms with Crippen molar-refractivity contribution in [2.45, 2.75) is 38.0 Å². The third-order valence-electron chi connectivity index (χ3n) is 3.36. The number of rotatable bonds is 2. The van der Waals surface area contributed by atoms with E-state index >= 15 is 0 Å². The molecule has 128 valence electrons. The Bertz CT molecular complexity index is 415. The lowest BCUT2D eigenvalue weighted by Crippen LogP contribution is -2.21. The Morgan fingerprint density at radius 2 is 0.773 bits per heavy atom. The van der Waals surface area contributed by atoms with Crippen LogP contribution in [0.4, 0.5) is 43.9 Å². The molecule has 1 aliphatic rings. The molecule has 0 aromatic rings. The minimum atomic E-state index is -5.51. The second kappa shape index (κ2) is 6.49. The van der Waals surface area contributed by atoms with Crippen molar-refractivity contribution in [3.05, 3.63) is 23.3 Å². The molecule has 0 amide bonds. The van der Waals surface area contributed by atoms with E-state index in [1.807, 2.05) is 0 Å². The fraction of sp³-hybridized carbons (Fsp3) is 0.667. The van der Waals surface area contributed by atoms with Gasteiger partial charge in [0.1, 0.15) is 11.7 Å². The summed E-state index contributed by atoms with van der Waals surface area (Å²) in [5.41, 5.74) is 0. The van der Waals surface area contributed by atoms with E-state index in [-0.39, 0.29) is 0 Å². The molecule has 0 nitrogen and oxygen atoms in total. The Morgan fingerprint density at radius 1 is 0.545 bits per heavy atom. The Hall–Kier alpha value is -1.22. The van der Waals surface area contributed by atoms with Crippen molar-refractivity contribution in [2.75, 3.05) is 0 Å². The van der Waals surface area contributed by atoms with Crippen LogP contribution in [0.2, 0.25) is 0 Å². The number of halogens is 10. The number of hydrogen-bond acceptors (Lipinski definition) is 0. The molecule has 10 heteroatoms. The molecule has 0 bridgehead atoms. The lowest BCUT2D eigenvalue weighted by atomic mass is 9.80. The van der Waals surface area contributed by atoms with Gasteiger partial charge in [-0.05, 0) is 25.7 Å². The molecule has 0 radical (unpaired) electrons. The van der Waals surface area contributed by atoms with Crippen molar-refractivity contribution in [2.24, 2.45) is 11.8 Å². The summed E-state index contributed by atoms with van der Waals surface area (Å²) in [6.45, 7) is 0. The first kappa shape index (κ1) is 18.8. The SMILES string of the molecule is F/C(=C(\F)C(F)(F)F)C1CCC(/C(F)=C(/F)C(F)(F)F)CC1. The highest BCUT2D eigenvalue weighted by Gasteiger charge is 2.43. The normalized spacial score (nSPS) is 26.5. The third-order valence-corrected chi connectivity index (χ3v) is 3.36. The van der Waals surface area contributed by atoms with Crippen molar-refractivity contribution >= 4 is 0 Å². The quantitative estimate of drug-likeness (QED) is 0.522. The van der Waals surface area contributed by atoms with Gasteiger partial charge in [-0.25, -0.2) is 8.78 Å². The second-order valence-corrected chi connectivity index (χ2v) is 4.87. The monoisotopic (exact) mass is 344 g/mol. The first-order valence-corrected chi connectivity index (χ1v) is 6.10. The highest BCUT2D eigenvalue weighted by Crippen LogP contribution is 2.43. The van der Waals surface area contributed by atoms with Gasteiger partial charge in [0, 0.05) is 11.8 Å². The maximum atomic E-state index is 13.3. The van der Waals surface area contributed by atoms with E-state index in [1.54, 1.807) is 0 Å². The largest absolute Gasteiger partial charge is 0.445 e. The van der Waals surface area contributed by atoms with Gasteiger partial charge in [-0.2, -0.15) is 35.1 Å². The van der Waals surface area contributed by atoms with Crippen LogP contribution in [-0.2, 0) is 0 Å². The minimum absolute atomic E-state index is 0.515. The van der Waals surface area contributed by atoms with Crippen molar-refractivity contribution in [3.8, 4) is 0 Å². The zero-order chi connectivity index (χ0) is 17.3. The van der Waals surface area contributed by atoms with Gasteiger partial charge in [0.05, 0.1) is 0 Å². The van der Waals surface area contributed by atoms with Crippen LogP contribution in [-0.4, -0.2) is 12.4 Å². The van der Waals surface area contributed by atoms with Gasteiger partial charge in [0.2, 0.25) is 11.7 Å². The molecule has 0 aromatic heterocycles. The fourth-order valence-corrected chi connectivity index (χ4v) is 2.23. The molecule has 0 unspecified atom stereocenters. The van der Waals surface area contributed by atoms with Crippen molar-refractivity contribution < 1.29 is 43.9 Å². The Morgan fingerprint density at radius 3 is 0.955 bits per heavy atom. The summed E-state index contributed by atoms with van der Waals surface area (Å²) < 4.78 is 124. The van der Waals surface area contributed by atoms with Gasteiger partial charge in [-0.15, -0.1) is 0 Å². The predicted molar refractivity (Wildman–Crippen MR) is 56.0 cm³/mol. The summed E-state index contributed by atoms with van der Waals surface area (Å²) in [4.78, 5) is 0. The molecule has 0 aliphatic heterocycles. The smallest absolute Gasteiger partial charge is 0.208 e. The van der Waals surface area contributed by atoms with Crippen LogP contribution in [0.15, 0.2) is 23.3 Å². The van der Waals surface area contributed by atoms with Crippen molar-refractivity contribution in [1.29, 1.82) is 0 Å². The molecule has 0 saturated heterocycles. The van der Waals surface area contributed by atoms with Crippen LogP contribution < -0.4 is 0 Å². The molecular weight excluding hydrogens is 334 g/mol. The number of hydrogen-bond donors (Lipinski definition) is 0. The van der Waals surface area contributed by atoms with Crippen LogP contribution in [0.3, 0.4) is 0 Å². The third kappa shape index (κ3) is 4.39. The molecule has 1 fully saturated rings. The maximum absolute atomic E-state index is 13.3. The minimum Gasteiger partial charge on any atom is -0.208 e. The molecule has 0 atom stereocenters. The van der Waals surface area contributed by atoms with Gasteiger partial charge in [0.15, 0.2) is 0 Å². The fourth-order valence-electron chi connectivity index (χ4n) is 2.23. The number of allylic oxidation sites excluding steroid dienone is 4. The standard InChI is InChI=1S/C12H10F10/c13-7(9(15)11(17,18)19)5-1-2-6(4-3-5)8(14)10(16)12(20,21)22/h5-6H,1-4H2/b9-7-,10-8-. The Balaban J connectivity index is 2.80. The summed E-state index contributed by atoms with van der Waals surface area (Å²) in [7, 11) is 0. The lowest BCUT2D eigenvalue weighted by molar-refractivity contribution is -0.113. The molecule has 1 saturated carbocycles. The van der Waals surface area contributed by atoms with E-state index in [4.69, 9.17) is 0 Å². The van der Waals surface area contributed by atoms with Crippen LogP contribution >= 0.6 is 0 Å². The average molecular weight is 344 g/mol. The predicted octanol–water partition coefficient (Wildman–Crippen LogP) is 6.22. The second-order valence-electron chi connectivity index (χ2n) is 4.87. The summed E-state index contributed by atoms with van der Waals surface area (Å²) in [5, 5.41) is 0. The topological polar surface area (TPSA) is 0 Å². The van der Waals surface area contributed by atoms with Gasteiger partial charge >= 0.3 is 12.4 Å².